The van der Waals surface area contributed by atoms with E-state index in [-0.39, 0.29) is 31.9 Å². The maximum atomic E-state index is 12.3. The minimum absolute atomic E-state index is 0.0412. The Labute approximate surface area is 158 Å². The number of carbonyl (C=O) groups excluding carboxylic acids is 2. The van der Waals surface area contributed by atoms with Gasteiger partial charge in [-0.05, 0) is 42.8 Å². The predicted octanol–water partition coefficient (Wildman–Crippen LogP) is 2.65. The number of nitro groups is 1. The third-order valence-corrected chi connectivity index (χ3v) is 4.80. The summed E-state index contributed by atoms with van der Waals surface area (Å²) in [5.41, 5.74) is 0.437. The molecule has 1 aliphatic rings. The highest BCUT2D eigenvalue weighted by molar-refractivity contribution is 8.13. The number of amides is 1. The number of carboxylic acids is 1. The number of carboxylic acid groups (broad SMARTS) is 1. The molecular formula is C16H18N2O8S. The zero-order valence-electron chi connectivity index (χ0n) is 14.4. The molecule has 1 heterocycles. The fourth-order valence-corrected chi connectivity index (χ4v) is 3.52. The Morgan fingerprint density at radius 1 is 1.30 bits per heavy atom. The third kappa shape index (κ3) is 5.58. The molecule has 1 aromatic carbocycles. The molecule has 0 radical (unpaired) electrons. The van der Waals surface area contributed by atoms with Crippen LogP contribution < -0.4 is 0 Å². The number of thioether (sulfide) groups is 1. The summed E-state index contributed by atoms with van der Waals surface area (Å²) in [5, 5.41) is 19.0. The van der Waals surface area contributed by atoms with Crippen molar-refractivity contribution in [3.8, 4) is 0 Å². The first-order valence-corrected chi connectivity index (χ1v) is 8.92. The van der Waals surface area contributed by atoms with Crippen molar-refractivity contribution in [2.24, 2.45) is 0 Å². The smallest absolute Gasteiger partial charge is 0.410 e. The lowest BCUT2D eigenvalue weighted by Crippen LogP contribution is -2.40. The molecule has 1 amide bonds. The van der Waals surface area contributed by atoms with Crippen LogP contribution in [0.15, 0.2) is 24.3 Å². The molecule has 10 nitrogen and oxygen atoms in total. The molecule has 1 aromatic rings. The van der Waals surface area contributed by atoms with Crippen LogP contribution in [0.5, 0.6) is 0 Å². The molecule has 0 unspecified atom stereocenters. The minimum Gasteiger partial charge on any atom is -0.480 e. The van der Waals surface area contributed by atoms with Gasteiger partial charge in [-0.2, -0.15) is 0 Å². The number of nitro benzene ring substituents is 1. The van der Waals surface area contributed by atoms with Gasteiger partial charge in [0.2, 0.25) is 0 Å². The van der Waals surface area contributed by atoms with Gasteiger partial charge in [-0.3, -0.25) is 15.0 Å². The fraction of sp³-hybridized carbons (Fsp3) is 0.438. The molecule has 2 rings (SSSR count). The minimum atomic E-state index is -1.19. The highest BCUT2D eigenvalue weighted by Gasteiger charge is 2.41. The van der Waals surface area contributed by atoms with Gasteiger partial charge >= 0.3 is 17.4 Å². The van der Waals surface area contributed by atoms with E-state index in [0.717, 1.165) is 16.7 Å². The van der Waals surface area contributed by atoms with E-state index in [1.54, 1.807) is 6.92 Å². The first-order chi connectivity index (χ1) is 12.8. The van der Waals surface area contributed by atoms with Crippen molar-refractivity contribution in [2.75, 3.05) is 13.2 Å². The van der Waals surface area contributed by atoms with E-state index in [1.807, 2.05) is 0 Å². The topological polar surface area (TPSA) is 136 Å². The number of hydrogen-bond acceptors (Lipinski definition) is 8. The Bertz CT molecular complexity index is 724. The molecule has 0 spiro atoms. The molecule has 1 saturated heterocycles. The van der Waals surface area contributed by atoms with Gasteiger partial charge in [-0.1, -0.05) is 0 Å². The number of aliphatic carboxylic acids is 1. The van der Waals surface area contributed by atoms with Gasteiger partial charge in [-0.25, -0.2) is 14.4 Å². The van der Waals surface area contributed by atoms with Crippen molar-refractivity contribution in [2.45, 2.75) is 31.2 Å². The summed E-state index contributed by atoms with van der Waals surface area (Å²) in [6.45, 7) is 1.76. The predicted molar refractivity (Wildman–Crippen MR) is 94.4 cm³/mol. The summed E-state index contributed by atoms with van der Waals surface area (Å²) in [4.78, 5) is 46.4. The maximum absolute atomic E-state index is 12.3. The number of ether oxygens (including phenoxy) is 2. The van der Waals surface area contributed by atoms with E-state index in [0.29, 0.717) is 5.56 Å². The van der Waals surface area contributed by atoms with Crippen molar-refractivity contribution >= 4 is 34.8 Å². The molecule has 11 heteroatoms. The quantitative estimate of drug-likeness (QED) is 0.435. The standard InChI is InChI=1S/C16H18N2O8S/c1-2-25-16(22)27-12-7-13(14(19)20)17(8-12)15(21)26-9-10-3-5-11(6-4-10)18(23)24/h3-6,12-13H,2,7-9H2,1H3,(H,19,20)/t12-,13-/m0/s1. The van der Waals surface area contributed by atoms with Gasteiger partial charge in [0.25, 0.3) is 5.69 Å². The highest BCUT2D eigenvalue weighted by atomic mass is 32.2. The zero-order valence-corrected chi connectivity index (χ0v) is 15.2. The second-order valence-corrected chi connectivity index (χ2v) is 6.88. The molecule has 27 heavy (non-hydrogen) atoms. The summed E-state index contributed by atoms with van der Waals surface area (Å²) in [7, 11) is 0. The van der Waals surface area contributed by atoms with Crippen LogP contribution in [0.2, 0.25) is 0 Å². The second kappa shape index (κ2) is 9.21. The fourth-order valence-electron chi connectivity index (χ4n) is 2.55. The van der Waals surface area contributed by atoms with E-state index in [2.05, 4.69) is 0 Å². The summed E-state index contributed by atoms with van der Waals surface area (Å²) < 4.78 is 9.94. The number of hydrogen-bond donors (Lipinski definition) is 1. The summed E-state index contributed by atoms with van der Waals surface area (Å²) in [6.07, 6.45) is -0.724. The molecule has 2 atom stereocenters. The molecule has 0 aliphatic carbocycles. The molecule has 0 saturated carbocycles. The lowest BCUT2D eigenvalue weighted by Gasteiger charge is -2.20. The average molecular weight is 398 g/mol. The largest absolute Gasteiger partial charge is 0.480 e. The summed E-state index contributed by atoms with van der Waals surface area (Å²) in [6, 6.07) is 4.37. The number of likely N-dealkylation sites (tertiary alicyclic amines) is 1. The molecular weight excluding hydrogens is 380 g/mol. The van der Waals surface area contributed by atoms with E-state index >= 15 is 0 Å². The molecule has 0 bridgehead atoms. The third-order valence-electron chi connectivity index (χ3n) is 3.82. The van der Waals surface area contributed by atoms with Crippen molar-refractivity contribution in [3.05, 3.63) is 39.9 Å². The average Bonchev–Trinajstić information content (AvgIpc) is 3.04. The van der Waals surface area contributed by atoms with Crippen molar-refractivity contribution in [1.82, 2.24) is 4.90 Å². The number of benzene rings is 1. The normalized spacial score (nSPS) is 18.8. The first kappa shape index (κ1) is 20.5. The lowest BCUT2D eigenvalue weighted by atomic mass is 10.2. The first-order valence-electron chi connectivity index (χ1n) is 8.04. The van der Waals surface area contributed by atoms with Crippen LogP contribution in [0.1, 0.15) is 18.9 Å². The molecule has 1 N–H and O–H groups in total. The Morgan fingerprint density at radius 2 is 1.96 bits per heavy atom. The van der Waals surface area contributed by atoms with Crippen LogP contribution in [0.4, 0.5) is 15.3 Å². The highest BCUT2D eigenvalue weighted by Crippen LogP contribution is 2.29. The van der Waals surface area contributed by atoms with Gasteiger partial charge in [0, 0.05) is 23.9 Å². The van der Waals surface area contributed by atoms with Crippen molar-refractivity contribution in [3.63, 3.8) is 0 Å². The van der Waals surface area contributed by atoms with Crippen LogP contribution in [0.25, 0.3) is 0 Å². The maximum Gasteiger partial charge on any atom is 0.410 e. The van der Waals surface area contributed by atoms with Crippen molar-refractivity contribution < 1.29 is 33.9 Å². The van der Waals surface area contributed by atoms with Crippen LogP contribution in [-0.4, -0.2) is 56.7 Å². The van der Waals surface area contributed by atoms with Crippen molar-refractivity contribution in [1.29, 1.82) is 0 Å². The monoisotopic (exact) mass is 398 g/mol. The Morgan fingerprint density at radius 3 is 2.52 bits per heavy atom. The van der Waals surface area contributed by atoms with E-state index < -0.39 is 33.6 Å². The van der Waals surface area contributed by atoms with E-state index in [1.165, 1.54) is 24.3 Å². The van der Waals surface area contributed by atoms with Gasteiger partial charge in [0.1, 0.15) is 12.6 Å². The number of nitrogens with zero attached hydrogens (tertiary/aromatic N) is 2. The Hall–Kier alpha value is -2.82. The summed E-state index contributed by atoms with van der Waals surface area (Å²) >= 11 is 0.855. The number of non-ortho nitro benzene ring substituents is 1. The second-order valence-electron chi connectivity index (χ2n) is 5.64. The van der Waals surface area contributed by atoms with Gasteiger partial charge in [0.05, 0.1) is 11.5 Å². The number of carbonyl (C=O) groups is 3. The molecule has 0 aromatic heterocycles. The van der Waals surface area contributed by atoms with Crippen LogP contribution >= 0.6 is 11.8 Å². The Kier molecular flexibility index (Phi) is 6.99. The van der Waals surface area contributed by atoms with Gasteiger partial charge < -0.3 is 14.6 Å². The lowest BCUT2D eigenvalue weighted by molar-refractivity contribution is -0.384. The Balaban J connectivity index is 1.95. The summed E-state index contributed by atoms with van der Waals surface area (Å²) in [5.74, 6) is -1.19. The van der Waals surface area contributed by atoms with Gasteiger partial charge in [-0.15, -0.1) is 0 Å². The van der Waals surface area contributed by atoms with E-state index in [4.69, 9.17) is 9.47 Å². The van der Waals surface area contributed by atoms with Crippen LogP contribution in [0, 0.1) is 10.1 Å². The van der Waals surface area contributed by atoms with Crippen LogP contribution in [0.3, 0.4) is 0 Å². The molecule has 1 aliphatic heterocycles. The zero-order chi connectivity index (χ0) is 20.0. The number of rotatable bonds is 6. The molecule has 146 valence electrons. The van der Waals surface area contributed by atoms with E-state index in [9.17, 15) is 29.6 Å². The molecule has 1 fully saturated rings. The van der Waals surface area contributed by atoms with Crippen LogP contribution in [-0.2, 0) is 20.9 Å². The SMILES string of the molecule is CCOC(=O)S[C@H]1C[C@@H](C(=O)O)N(C(=O)OCc2ccc([N+](=O)[O-])cc2)C1. The van der Waals surface area contributed by atoms with Gasteiger partial charge in [0.15, 0.2) is 0 Å².